The highest BCUT2D eigenvalue weighted by Crippen LogP contribution is 2.25. The molecule has 0 atom stereocenters. The van der Waals surface area contributed by atoms with Gasteiger partial charge in [-0.05, 0) is 32.4 Å². The van der Waals surface area contributed by atoms with Crippen LogP contribution in [0.25, 0.3) is 0 Å². The van der Waals surface area contributed by atoms with Gasteiger partial charge in [0.2, 0.25) is 5.95 Å². The predicted molar refractivity (Wildman–Crippen MR) is 76.3 cm³/mol. The van der Waals surface area contributed by atoms with Crippen molar-refractivity contribution >= 4 is 5.95 Å². The Labute approximate surface area is 122 Å². The Morgan fingerprint density at radius 2 is 1.86 bits per heavy atom. The van der Waals surface area contributed by atoms with Crippen molar-refractivity contribution < 1.29 is 13.9 Å². The molecular formula is C14H17FN4O2. The van der Waals surface area contributed by atoms with E-state index in [0.717, 1.165) is 5.56 Å². The first-order valence-corrected chi connectivity index (χ1v) is 6.52. The Kier molecular flexibility index (Phi) is 4.52. The second kappa shape index (κ2) is 6.34. The number of nitrogens with zero attached hydrogens (tertiary/aromatic N) is 3. The number of ether oxygens (including phenoxy) is 2. The highest BCUT2D eigenvalue weighted by atomic mass is 19.1. The number of aryl methyl sites for hydroxylation is 1. The summed E-state index contributed by atoms with van der Waals surface area (Å²) in [5.41, 5.74) is 0.772. The average Bonchev–Trinajstić information content (AvgIpc) is 2.42. The maximum atomic E-state index is 13.3. The highest BCUT2D eigenvalue weighted by molar-refractivity contribution is 5.35. The Morgan fingerprint density at radius 1 is 1.14 bits per heavy atom. The fraction of sp³-hybridized carbons (Fsp3) is 0.357. The van der Waals surface area contributed by atoms with Crippen LogP contribution in [0.5, 0.6) is 17.8 Å². The summed E-state index contributed by atoms with van der Waals surface area (Å²) in [6.45, 7) is 5.53. The topological polar surface area (TPSA) is 69.2 Å². The van der Waals surface area contributed by atoms with Gasteiger partial charge in [-0.1, -0.05) is 6.07 Å². The second-order valence-electron chi connectivity index (χ2n) is 4.65. The van der Waals surface area contributed by atoms with Crippen molar-refractivity contribution in [3.63, 3.8) is 0 Å². The third-order valence-electron chi connectivity index (χ3n) is 2.51. The number of nitrogens with one attached hydrogen (secondary N) is 1. The Hall–Kier alpha value is -2.44. The van der Waals surface area contributed by atoms with E-state index in [-0.39, 0.29) is 18.1 Å². The SMILES string of the molecule is CNc1nc(Oc2cc(F)ccc2C)nc(OC(C)C)n1. The molecular weight excluding hydrogens is 275 g/mol. The molecule has 1 aromatic carbocycles. The molecule has 0 aliphatic rings. The summed E-state index contributed by atoms with van der Waals surface area (Å²) < 4.78 is 24.2. The van der Waals surface area contributed by atoms with E-state index in [9.17, 15) is 4.39 Å². The van der Waals surface area contributed by atoms with Crippen LogP contribution in [0.2, 0.25) is 0 Å². The summed E-state index contributed by atoms with van der Waals surface area (Å²) in [6, 6.07) is 4.45. The standard InChI is InChI=1S/C14H17FN4O2/c1-8(2)20-13-17-12(16-4)18-14(19-13)21-11-7-10(15)6-5-9(11)3/h5-8H,1-4H3,(H,16,17,18,19). The molecule has 0 saturated carbocycles. The minimum atomic E-state index is -0.392. The largest absolute Gasteiger partial charge is 0.461 e. The summed E-state index contributed by atoms with van der Waals surface area (Å²) in [5, 5.41) is 2.80. The van der Waals surface area contributed by atoms with Gasteiger partial charge in [0.15, 0.2) is 0 Å². The number of hydrogen-bond acceptors (Lipinski definition) is 6. The third kappa shape index (κ3) is 4.01. The smallest absolute Gasteiger partial charge is 0.330 e. The highest BCUT2D eigenvalue weighted by Gasteiger charge is 2.11. The van der Waals surface area contributed by atoms with Gasteiger partial charge in [-0.3, -0.25) is 0 Å². The molecule has 0 radical (unpaired) electrons. The molecule has 1 aromatic heterocycles. The minimum Gasteiger partial charge on any atom is -0.461 e. The Morgan fingerprint density at radius 3 is 2.52 bits per heavy atom. The molecule has 0 fully saturated rings. The van der Waals surface area contributed by atoms with E-state index < -0.39 is 5.82 Å². The van der Waals surface area contributed by atoms with Crippen molar-refractivity contribution in [3.8, 4) is 17.8 Å². The van der Waals surface area contributed by atoms with Crippen molar-refractivity contribution in [3.05, 3.63) is 29.6 Å². The summed E-state index contributed by atoms with van der Waals surface area (Å²) in [5.74, 6) is 0.264. The fourth-order valence-corrected chi connectivity index (χ4v) is 1.54. The Balaban J connectivity index is 2.32. The maximum Gasteiger partial charge on any atom is 0.330 e. The molecule has 7 heteroatoms. The van der Waals surface area contributed by atoms with Crippen molar-refractivity contribution in [1.82, 2.24) is 15.0 Å². The van der Waals surface area contributed by atoms with E-state index in [4.69, 9.17) is 9.47 Å². The number of rotatable bonds is 5. The molecule has 0 amide bonds. The molecule has 2 rings (SSSR count). The molecule has 1 heterocycles. The van der Waals surface area contributed by atoms with Gasteiger partial charge >= 0.3 is 12.0 Å². The number of hydrogen-bond donors (Lipinski definition) is 1. The number of anilines is 1. The molecule has 0 spiro atoms. The molecule has 6 nitrogen and oxygen atoms in total. The van der Waals surface area contributed by atoms with E-state index in [1.165, 1.54) is 12.1 Å². The summed E-state index contributed by atoms with van der Waals surface area (Å²) in [7, 11) is 1.67. The lowest BCUT2D eigenvalue weighted by atomic mass is 10.2. The van der Waals surface area contributed by atoms with Crippen LogP contribution in [0, 0.1) is 12.7 Å². The zero-order valence-electron chi connectivity index (χ0n) is 12.3. The van der Waals surface area contributed by atoms with Gasteiger partial charge in [0, 0.05) is 13.1 Å². The van der Waals surface area contributed by atoms with Gasteiger partial charge in [0.05, 0.1) is 6.10 Å². The summed E-state index contributed by atoms with van der Waals surface area (Å²) in [4.78, 5) is 12.2. The van der Waals surface area contributed by atoms with Crippen molar-refractivity contribution in [2.24, 2.45) is 0 Å². The normalized spacial score (nSPS) is 10.6. The first-order chi connectivity index (χ1) is 9.97. The molecule has 21 heavy (non-hydrogen) atoms. The Bertz CT molecular complexity index is 634. The number of benzene rings is 1. The average molecular weight is 292 g/mol. The lowest BCUT2D eigenvalue weighted by Crippen LogP contribution is -2.11. The van der Waals surface area contributed by atoms with E-state index in [1.54, 1.807) is 20.0 Å². The molecule has 1 N–H and O–H groups in total. The van der Waals surface area contributed by atoms with Crippen LogP contribution in [-0.4, -0.2) is 28.1 Å². The van der Waals surface area contributed by atoms with Crippen LogP contribution in [-0.2, 0) is 0 Å². The van der Waals surface area contributed by atoms with Crippen molar-refractivity contribution in [2.75, 3.05) is 12.4 Å². The first-order valence-electron chi connectivity index (χ1n) is 6.52. The maximum absolute atomic E-state index is 13.3. The zero-order valence-corrected chi connectivity index (χ0v) is 12.3. The van der Waals surface area contributed by atoms with Crippen LogP contribution in [0.1, 0.15) is 19.4 Å². The molecule has 0 aliphatic carbocycles. The van der Waals surface area contributed by atoms with Crippen molar-refractivity contribution in [2.45, 2.75) is 26.9 Å². The van der Waals surface area contributed by atoms with E-state index in [2.05, 4.69) is 20.3 Å². The van der Waals surface area contributed by atoms with E-state index in [1.807, 2.05) is 13.8 Å². The molecule has 2 aromatic rings. The lowest BCUT2D eigenvalue weighted by molar-refractivity contribution is 0.218. The van der Waals surface area contributed by atoms with Gasteiger partial charge in [0.1, 0.15) is 11.6 Å². The van der Waals surface area contributed by atoms with Gasteiger partial charge in [-0.15, -0.1) is 4.98 Å². The molecule has 0 bridgehead atoms. The second-order valence-corrected chi connectivity index (χ2v) is 4.65. The van der Waals surface area contributed by atoms with Crippen LogP contribution in [0.4, 0.5) is 10.3 Å². The van der Waals surface area contributed by atoms with Gasteiger partial charge in [-0.25, -0.2) is 4.39 Å². The van der Waals surface area contributed by atoms with E-state index in [0.29, 0.717) is 11.7 Å². The third-order valence-corrected chi connectivity index (χ3v) is 2.51. The van der Waals surface area contributed by atoms with Crippen LogP contribution in [0.15, 0.2) is 18.2 Å². The molecule has 112 valence electrons. The summed E-state index contributed by atoms with van der Waals surface area (Å²) >= 11 is 0. The molecule has 0 aliphatic heterocycles. The molecule has 0 unspecified atom stereocenters. The predicted octanol–water partition coefficient (Wildman–Crippen LogP) is 2.94. The minimum absolute atomic E-state index is 0.0405. The monoisotopic (exact) mass is 292 g/mol. The lowest BCUT2D eigenvalue weighted by Gasteiger charge is -2.11. The van der Waals surface area contributed by atoms with E-state index >= 15 is 0 Å². The quantitative estimate of drug-likeness (QED) is 0.913. The van der Waals surface area contributed by atoms with Crippen LogP contribution in [0.3, 0.4) is 0 Å². The van der Waals surface area contributed by atoms with Crippen LogP contribution < -0.4 is 14.8 Å². The number of halogens is 1. The van der Waals surface area contributed by atoms with Gasteiger partial charge in [0.25, 0.3) is 0 Å². The van der Waals surface area contributed by atoms with Gasteiger partial charge in [-0.2, -0.15) is 9.97 Å². The fourth-order valence-electron chi connectivity index (χ4n) is 1.54. The van der Waals surface area contributed by atoms with Crippen LogP contribution >= 0.6 is 0 Å². The summed E-state index contributed by atoms with van der Waals surface area (Å²) in [6.07, 6.45) is -0.0825. The van der Waals surface area contributed by atoms with Gasteiger partial charge < -0.3 is 14.8 Å². The van der Waals surface area contributed by atoms with Crippen molar-refractivity contribution in [1.29, 1.82) is 0 Å². The first kappa shape index (κ1) is 15.0. The zero-order chi connectivity index (χ0) is 15.4. The molecule has 0 saturated heterocycles. The number of aromatic nitrogens is 3.